The van der Waals surface area contributed by atoms with Gasteiger partial charge in [-0.15, -0.1) is 0 Å². The van der Waals surface area contributed by atoms with Gasteiger partial charge in [-0.2, -0.15) is 5.10 Å². The zero-order chi connectivity index (χ0) is 10.8. The Morgan fingerprint density at radius 3 is 2.80 bits per heavy atom. The molecular formula is C12H17N3. The van der Waals surface area contributed by atoms with Crippen molar-refractivity contribution in [1.29, 1.82) is 0 Å². The van der Waals surface area contributed by atoms with Crippen molar-refractivity contribution in [2.24, 2.45) is 11.7 Å². The minimum atomic E-state index is 0.160. The number of para-hydroxylation sites is 1. The minimum absolute atomic E-state index is 0.160. The minimum Gasteiger partial charge on any atom is -0.326 e. The van der Waals surface area contributed by atoms with Gasteiger partial charge < -0.3 is 5.73 Å². The highest BCUT2D eigenvalue weighted by Crippen LogP contribution is 2.13. The van der Waals surface area contributed by atoms with E-state index in [1.165, 1.54) is 5.39 Å². The molecule has 1 aromatic heterocycles. The van der Waals surface area contributed by atoms with E-state index in [2.05, 4.69) is 31.1 Å². The van der Waals surface area contributed by atoms with Crippen LogP contribution in [0.1, 0.15) is 13.8 Å². The molecule has 3 nitrogen and oxygen atoms in total. The van der Waals surface area contributed by atoms with Gasteiger partial charge in [-0.1, -0.05) is 32.0 Å². The lowest BCUT2D eigenvalue weighted by atomic mass is 10.1. The van der Waals surface area contributed by atoms with E-state index in [4.69, 9.17) is 5.73 Å². The second-order valence-corrected chi connectivity index (χ2v) is 4.29. The first-order chi connectivity index (χ1) is 7.18. The third kappa shape index (κ3) is 2.02. The molecule has 1 atom stereocenters. The molecule has 1 aromatic carbocycles. The van der Waals surface area contributed by atoms with Gasteiger partial charge in [0.2, 0.25) is 0 Å². The van der Waals surface area contributed by atoms with Crippen LogP contribution in [0.3, 0.4) is 0 Å². The summed E-state index contributed by atoms with van der Waals surface area (Å²) in [5.74, 6) is 0.480. The predicted molar refractivity (Wildman–Crippen MR) is 62.5 cm³/mol. The Morgan fingerprint density at radius 2 is 2.07 bits per heavy atom. The number of benzene rings is 1. The molecule has 0 saturated carbocycles. The molecule has 2 rings (SSSR count). The third-order valence-electron chi connectivity index (χ3n) is 2.79. The number of nitrogens with zero attached hydrogens (tertiary/aromatic N) is 2. The molecule has 2 N–H and O–H groups in total. The SMILES string of the molecule is CC(C)C(N)Cn1ncc2ccccc21. The Morgan fingerprint density at radius 1 is 1.33 bits per heavy atom. The second-order valence-electron chi connectivity index (χ2n) is 4.29. The van der Waals surface area contributed by atoms with Crippen molar-refractivity contribution in [2.45, 2.75) is 26.4 Å². The molecule has 80 valence electrons. The first-order valence-corrected chi connectivity index (χ1v) is 5.34. The topological polar surface area (TPSA) is 43.8 Å². The Kier molecular flexibility index (Phi) is 2.73. The Balaban J connectivity index is 2.29. The molecule has 1 unspecified atom stereocenters. The van der Waals surface area contributed by atoms with E-state index in [1.807, 2.05) is 23.0 Å². The highest BCUT2D eigenvalue weighted by molar-refractivity contribution is 5.78. The van der Waals surface area contributed by atoms with Gasteiger partial charge in [0.15, 0.2) is 0 Å². The van der Waals surface area contributed by atoms with Crippen molar-refractivity contribution in [1.82, 2.24) is 9.78 Å². The lowest BCUT2D eigenvalue weighted by molar-refractivity contribution is 0.420. The molecule has 0 bridgehead atoms. The van der Waals surface area contributed by atoms with Gasteiger partial charge in [-0.05, 0) is 12.0 Å². The second kappa shape index (κ2) is 4.03. The number of rotatable bonds is 3. The van der Waals surface area contributed by atoms with Crippen molar-refractivity contribution in [3.63, 3.8) is 0 Å². The Hall–Kier alpha value is -1.35. The van der Waals surface area contributed by atoms with Crippen molar-refractivity contribution >= 4 is 10.9 Å². The van der Waals surface area contributed by atoms with Crippen LogP contribution in [0.2, 0.25) is 0 Å². The molecule has 2 aromatic rings. The molecule has 0 aliphatic carbocycles. The molecule has 3 heteroatoms. The summed E-state index contributed by atoms with van der Waals surface area (Å²) in [5.41, 5.74) is 7.20. The molecular weight excluding hydrogens is 186 g/mol. The summed E-state index contributed by atoms with van der Waals surface area (Å²) < 4.78 is 1.99. The average molecular weight is 203 g/mol. The molecule has 0 spiro atoms. The first-order valence-electron chi connectivity index (χ1n) is 5.34. The number of fused-ring (bicyclic) bond motifs is 1. The van der Waals surface area contributed by atoms with E-state index in [0.29, 0.717) is 5.92 Å². The maximum Gasteiger partial charge on any atom is 0.0683 e. The van der Waals surface area contributed by atoms with Gasteiger partial charge in [0.05, 0.1) is 18.3 Å². The summed E-state index contributed by atoms with van der Waals surface area (Å²) in [7, 11) is 0. The molecule has 1 heterocycles. The quantitative estimate of drug-likeness (QED) is 0.829. The number of hydrogen-bond donors (Lipinski definition) is 1. The normalized spacial score (nSPS) is 13.6. The molecule has 0 amide bonds. The first kappa shape index (κ1) is 10.2. The summed E-state index contributed by atoms with van der Waals surface area (Å²) in [6.45, 7) is 5.05. The van der Waals surface area contributed by atoms with Crippen LogP contribution in [0.25, 0.3) is 10.9 Å². The molecule has 0 radical (unpaired) electrons. The van der Waals surface area contributed by atoms with Crippen molar-refractivity contribution in [2.75, 3.05) is 0 Å². The molecule has 0 saturated heterocycles. The van der Waals surface area contributed by atoms with Gasteiger partial charge >= 0.3 is 0 Å². The van der Waals surface area contributed by atoms with Crippen LogP contribution in [0.15, 0.2) is 30.5 Å². The van der Waals surface area contributed by atoms with Gasteiger partial charge in [0.1, 0.15) is 0 Å². The Labute approximate surface area is 89.9 Å². The molecule has 0 aliphatic rings. The van der Waals surface area contributed by atoms with Crippen LogP contribution >= 0.6 is 0 Å². The lowest BCUT2D eigenvalue weighted by Gasteiger charge is -2.15. The smallest absolute Gasteiger partial charge is 0.0683 e. The zero-order valence-electron chi connectivity index (χ0n) is 9.22. The third-order valence-corrected chi connectivity index (χ3v) is 2.79. The van der Waals surface area contributed by atoms with E-state index in [9.17, 15) is 0 Å². The van der Waals surface area contributed by atoms with E-state index in [-0.39, 0.29) is 6.04 Å². The van der Waals surface area contributed by atoms with Crippen molar-refractivity contribution in [3.8, 4) is 0 Å². The van der Waals surface area contributed by atoms with E-state index in [1.54, 1.807) is 0 Å². The van der Waals surface area contributed by atoms with Gasteiger partial charge in [0, 0.05) is 11.4 Å². The monoisotopic (exact) mass is 203 g/mol. The van der Waals surface area contributed by atoms with E-state index >= 15 is 0 Å². The average Bonchev–Trinajstić information content (AvgIpc) is 2.62. The standard InChI is InChI=1S/C12H17N3/c1-9(2)11(13)8-15-12-6-4-3-5-10(12)7-14-15/h3-7,9,11H,8,13H2,1-2H3. The van der Waals surface area contributed by atoms with Crippen LogP contribution in [-0.4, -0.2) is 15.8 Å². The van der Waals surface area contributed by atoms with Gasteiger partial charge in [0.25, 0.3) is 0 Å². The van der Waals surface area contributed by atoms with E-state index in [0.717, 1.165) is 12.1 Å². The van der Waals surface area contributed by atoms with Crippen LogP contribution in [-0.2, 0) is 6.54 Å². The van der Waals surface area contributed by atoms with Crippen molar-refractivity contribution in [3.05, 3.63) is 30.5 Å². The number of hydrogen-bond acceptors (Lipinski definition) is 2. The van der Waals surface area contributed by atoms with Crippen LogP contribution in [0, 0.1) is 5.92 Å². The summed E-state index contributed by atoms with van der Waals surface area (Å²) in [6.07, 6.45) is 1.89. The zero-order valence-corrected chi connectivity index (χ0v) is 9.22. The Bertz CT molecular complexity index is 445. The molecule has 0 aliphatic heterocycles. The van der Waals surface area contributed by atoms with E-state index < -0.39 is 0 Å². The van der Waals surface area contributed by atoms with Crippen LogP contribution < -0.4 is 5.73 Å². The van der Waals surface area contributed by atoms with Gasteiger partial charge in [-0.25, -0.2) is 0 Å². The largest absolute Gasteiger partial charge is 0.326 e. The number of aromatic nitrogens is 2. The molecule has 0 fully saturated rings. The highest BCUT2D eigenvalue weighted by atomic mass is 15.3. The maximum atomic E-state index is 6.04. The highest BCUT2D eigenvalue weighted by Gasteiger charge is 2.10. The van der Waals surface area contributed by atoms with Crippen LogP contribution in [0.4, 0.5) is 0 Å². The fourth-order valence-electron chi connectivity index (χ4n) is 1.58. The molecule has 15 heavy (non-hydrogen) atoms. The fraction of sp³-hybridized carbons (Fsp3) is 0.417. The van der Waals surface area contributed by atoms with Crippen LogP contribution in [0.5, 0.6) is 0 Å². The van der Waals surface area contributed by atoms with Gasteiger partial charge in [-0.3, -0.25) is 4.68 Å². The fourth-order valence-corrected chi connectivity index (χ4v) is 1.58. The lowest BCUT2D eigenvalue weighted by Crippen LogP contribution is -2.31. The number of nitrogens with two attached hydrogens (primary N) is 1. The summed E-state index contributed by atoms with van der Waals surface area (Å²) in [5, 5.41) is 5.53. The summed E-state index contributed by atoms with van der Waals surface area (Å²) >= 11 is 0. The van der Waals surface area contributed by atoms with Crippen molar-refractivity contribution < 1.29 is 0 Å². The maximum absolute atomic E-state index is 6.04. The predicted octanol–water partition coefficient (Wildman–Crippen LogP) is 2.02. The summed E-state index contributed by atoms with van der Waals surface area (Å²) in [6, 6.07) is 8.36. The summed E-state index contributed by atoms with van der Waals surface area (Å²) in [4.78, 5) is 0.